The third-order valence-electron chi connectivity index (χ3n) is 4.94. The first kappa shape index (κ1) is 26.9. The minimum Gasteiger partial charge on any atom is -0.478 e. The van der Waals surface area contributed by atoms with Gasteiger partial charge >= 0.3 is 17.9 Å². The lowest BCUT2D eigenvalue weighted by molar-refractivity contribution is -0.157. The van der Waals surface area contributed by atoms with E-state index in [4.69, 9.17) is 21.1 Å². The van der Waals surface area contributed by atoms with Crippen molar-refractivity contribution in [2.24, 2.45) is 0 Å². The second-order valence-electron chi connectivity index (χ2n) is 7.85. The molecule has 2 atom stereocenters. The summed E-state index contributed by atoms with van der Waals surface area (Å²) < 4.78 is 11.0. The number of amides is 1. The number of anilines is 1. The van der Waals surface area contributed by atoms with Crippen molar-refractivity contribution in [1.82, 2.24) is 0 Å². The van der Waals surface area contributed by atoms with Gasteiger partial charge in [0.25, 0.3) is 5.91 Å². The van der Waals surface area contributed by atoms with Crippen LogP contribution in [-0.4, -0.2) is 41.1 Å². The Morgan fingerprint density at radius 2 is 1.36 bits per heavy atom. The van der Waals surface area contributed by atoms with Crippen LogP contribution in [0.1, 0.15) is 31.8 Å². The summed E-state index contributed by atoms with van der Waals surface area (Å²) in [5.41, 5.74) is 1.86. The molecule has 2 N–H and O–H groups in total. The lowest BCUT2D eigenvalue weighted by Crippen LogP contribution is -2.48. The van der Waals surface area contributed by atoms with Gasteiger partial charge in [-0.25, -0.2) is 14.4 Å². The predicted molar refractivity (Wildman–Crippen MR) is 136 cm³/mol. The van der Waals surface area contributed by atoms with Gasteiger partial charge in [0.2, 0.25) is 12.2 Å². The summed E-state index contributed by atoms with van der Waals surface area (Å²) in [5.74, 6) is -4.67. The molecule has 36 heavy (non-hydrogen) atoms. The molecule has 0 heterocycles. The second-order valence-corrected chi connectivity index (χ2v) is 9.11. The number of carboxylic acid groups (broad SMARTS) is 1. The number of benzene rings is 3. The van der Waals surface area contributed by atoms with Gasteiger partial charge in [-0.2, -0.15) is 0 Å². The van der Waals surface area contributed by atoms with Crippen LogP contribution < -0.4 is 5.32 Å². The first-order valence-electron chi connectivity index (χ1n) is 10.6. The van der Waals surface area contributed by atoms with Crippen LogP contribution in [-0.2, 0) is 19.1 Å². The summed E-state index contributed by atoms with van der Waals surface area (Å²) in [6.07, 6.45) is -4.16. The van der Waals surface area contributed by atoms with Gasteiger partial charge in [-0.05, 0) is 72.2 Å². The number of carbonyl (C=O) groups is 4. The molecule has 0 unspecified atom stereocenters. The molecular formula is C26H21BrClNO7. The Balaban J connectivity index is 1.93. The van der Waals surface area contributed by atoms with Crippen molar-refractivity contribution < 1.29 is 33.8 Å². The molecule has 0 saturated carbocycles. The average Bonchev–Trinajstić information content (AvgIpc) is 2.83. The molecule has 1 amide bonds. The Morgan fingerprint density at radius 1 is 0.833 bits per heavy atom. The summed E-state index contributed by atoms with van der Waals surface area (Å²) in [7, 11) is 0. The van der Waals surface area contributed by atoms with E-state index in [1.54, 1.807) is 44.2 Å². The number of ether oxygens (including phenoxy) is 2. The fourth-order valence-electron chi connectivity index (χ4n) is 3.19. The molecule has 0 saturated heterocycles. The summed E-state index contributed by atoms with van der Waals surface area (Å²) in [4.78, 5) is 50.8. The van der Waals surface area contributed by atoms with E-state index >= 15 is 0 Å². The molecule has 0 aliphatic heterocycles. The third kappa shape index (κ3) is 6.93. The molecule has 186 valence electrons. The van der Waals surface area contributed by atoms with Gasteiger partial charge in [-0.15, -0.1) is 0 Å². The van der Waals surface area contributed by atoms with Crippen molar-refractivity contribution >= 4 is 57.0 Å². The molecular weight excluding hydrogens is 554 g/mol. The summed E-state index contributed by atoms with van der Waals surface area (Å²) >= 11 is 9.31. The maximum Gasteiger partial charge on any atom is 0.349 e. The van der Waals surface area contributed by atoms with Crippen molar-refractivity contribution in [1.29, 1.82) is 0 Å². The number of carboxylic acids is 1. The molecule has 0 radical (unpaired) electrons. The first-order chi connectivity index (χ1) is 17.0. The highest BCUT2D eigenvalue weighted by atomic mass is 79.9. The van der Waals surface area contributed by atoms with Crippen LogP contribution >= 0.6 is 27.5 Å². The quantitative estimate of drug-likeness (QED) is 0.355. The molecule has 0 aliphatic rings. The highest BCUT2D eigenvalue weighted by Gasteiger charge is 2.41. The number of esters is 2. The molecule has 3 aromatic rings. The lowest BCUT2D eigenvalue weighted by Gasteiger charge is -2.23. The predicted octanol–water partition coefficient (Wildman–Crippen LogP) is 5.19. The minimum atomic E-state index is -2.14. The standard InChI is InChI=1S/C26H21BrClNO7/c1-14-5-3-7-16(11-14)25(33)35-21(23(30)29-18-9-10-19(27)20(28)13-18)22(24(31)32)36-26(34)17-8-4-6-15(2)12-17/h3-13,21-22H,1-2H3,(H,29,30)(H,31,32)/t21-,22+/m0/s1. The molecule has 0 fully saturated rings. The van der Waals surface area contributed by atoms with Gasteiger partial charge in [-0.3, -0.25) is 4.79 Å². The molecule has 10 heteroatoms. The molecule has 0 aliphatic carbocycles. The summed E-state index contributed by atoms with van der Waals surface area (Å²) in [6, 6.07) is 17.1. The van der Waals surface area contributed by atoms with E-state index in [0.29, 0.717) is 4.47 Å². The number of aliphatic carboxylic acids is 1. The highest BCUT2D eigenvalue weighted by molar-refractivity contribution is 9.10. The van der Waals surface area contributed by atoms with Crippen LogP contribution in [0.5, 0.6) is 0 Å². The summed E-state index contributed by atoms with van der Waals surface area (Å²) in [6.45, 7) is 3.50. The molecule has 0 bridgehead atoms. The zero-order valence-corrected chi connectivity index (χ0v) is 21.5. The second kappa shape index (κ2) is 11.8. The van der Waals surface area contributed by atoms with Gasteiger partial charge in [0.1, 0.15) is 0 Å². The Bertz CT molecular complexity index is 1330. The van der Waals surface area contributed by atoms with Crippen molar-refractivity contribution in [3.8, 4) is 0 Å². The number of rotatable bonds is 8. The number of carbonyl (C=O) groups excluding carboxylic acids is 3. The Labute approximate surface area is 220 Å². The van der Waals surface area contributed by atoms with Crippen LogP contribution in [0.15, 0.2) is 71.2 Å². The number of hydrogen-bond acceptors (Lipinski definition) is 6. The van der Waals surface area contributed by atoms with E-state index in [1.165, 1.54) is 36.4 Å². The van der Waals surface area contributed by atoms with Gasteiger partial charge in [0, 0.05) is 10.2 Å². The minimum absolute atomic E-state index is 0.0742. The number of nitrogens with one attached hydrogen (secondary N) is 1. The van der Waals surface area contributed by atoms with Gasteiger partial charge in [0.15, 0.2) is 0 Å². The summed E-state index contributed by atoms with van der Waals surface area (Å²) in [5, 5.41) is 12.6. The van der Waals surface area contributed by atoms with E-state index in [1.807, 2.05) is 0 Å². The lowest BCUT2D eigenvalue weighted by atomic mass is 10.1. The van der Waals surface area contributed by atoms with Crippen LogP contribution in [0, 0.1) is 13.8 Å². The van der Waals surface area contributed by atoms with Gasteiger partial charge < -0.3 is 19.9 Å². The van der Waals surface area contributed by atoms with Gasteiger partial charge in [-0.1, -0.05) is 47.0 Å². The topological polar surface area (TPSA) is 119 Å². The Morgan fingerprint density at radius 3 is 1.83 bits per heavy atom. The third-order valence-corrected chi connectivity index (χ3v) is 6.17. The van der Waals surface area contributed by atoms with Crippen LogP contribution in [0.3, 0.4) is 0 Å². The van der Waals surface area contributed by atoms with Crippen molar-refractivity contribution in [2.75, 3.05) is 5.32 Å². The van der Waals surface area contributed by atoms with E-state index in [2.05, 4.69) is 21.2 Å². The monoisotopic (exact) mass is 573 g/mol. The molecule has 0 aromatic heterocycles. The zero-order chi connectivity index (χ0) is 26.4. The molecule has 8 nitrogen and oxygen atoms in total. The molecule has 0 spiro atoms. The fraction of sp³-hybridized carbons (Fsp3) is 0.154. The van der Waals surface area contributed by atoms with Gasteiger partial charge in [0.05, 0.1) is 16.1 Å². The number of hydrogen-bond donors (Lipinski definition) is 2. The van der Waals surface area contributed by atoms with Crippen LogP contribution in [0.25, 0.3) is 0 Å². The molecule has 3 aromatic carbocycles. The van der Waals surface area contributed by atoms with E-state index in [-0.39, 0.29) is 21.8 Å². The maximum atomic E-state index is 13.2. The molecule has 3 rings (SSSR count). The van der Waals surface area contributed by atoms with Crippen molar-refractivity contribution in [3.05, 3.63) is 98.5 Å². The van der Waals surface area contributed by atoms with Crippen LogP contribution in [0.2, 0.25) is 5.02 Å². The average molecular weight is 575 g/mol. The SMILES string of the molecule is Cc1cccc(C(=O)O[C@H](C(=O)Nc2ccc(Br)c(Cl)c2)[C@@H](OC(=O)c2cccc(C)c2)C(=O)O)c1. The zero-order valence-electron chi connectivity index (χ0n) is 19.2. The number of aryl methyl sites for hydroxylation is 2. The Kier molecular flexibility index (Phi) is 8.84. The van der Waals surface area contributed by atoms with E-state index in [0.717, 1.165) is 11.1 Å². The highest BCUT2D eigenvalue weighted by Crippen LogP contribution is 2.26. The van der Waals surface area contributed by atoms with Crippen LogP contribution in [0.4, 0.5) is 5.69 Å². The van der Waals surface area contributed by atoms with Crippen molar-refractivity contribution in [2.45, 2.75) is 26.1 Å². The fourth-order valence-corrected chi connectivity index (χ4v) is 3.62. The smallest absolute Gasteiger partial charge is 0.349 e. The van der Waals surface area contributed by atoms with E-state index in [9.17, 15) is 24.3 Å². The van der Waals surface area contributed by atoms with Crippen molar-refractivity contribution in [3.63, 3.8) is 0 Å². The maximum absolute atomic E-state index is 13.2. The van der Waals surface area contributed by atoms with E-state index < -0.39 is 36.0 Å². The first-order valence-corrected chi connectivity index (χ1v) is 11.8. The largest absolute Gasteiger partial charge is 0.478 e. The number of halogens is 2. The Hall–Kier alpha value is -3.69. The normalized spacial score (nSPS) is 12.2.